The number of thiazole rings is 1. The summed E-state index contributed by atoms with van der Waals surface area (Å²) < 4.78 is 11.6. The van der Waals surface area contributed by atoms with E-state index in [1.54, 1.807) is 11.3 Å². The quantitative estimate of drug-likeness (QED) is 0.820. The average molecular weight is 375 g/mol. The number of nitrogens with one attached hydrogen (secondary N) is 1. The van der Waals surface area contributed by atoms with Crippen LogP contribution in [0, 0.1) is 0 Å². The number of piperidine rings is 2. The zero-order valence-corrected chi connectivity index (χ0v) is 14.3. The fraction of sp³-hybridized carbons (Fsp3) is 0.714. The summed E-state index contributed by atoms with van der Waals surface area (Å²) in [4.78, 5) is 16.1. The van der Waals surface area contributed by atoms with Crippen LogP contribution in [-0.4, -0.2) is 36.8 Å². The van der Waals surface area contributed by atoms with Crippen LogP contribution in [0.3, 0.4) is 0 Å². The number of nitrogens with zero attached hydrogens (tertiary/aromatic N) is 1. The van der Waals surface area contributed by atoms with Gasteiger partial charge < -0.3 is 14.8 Å². The summed E-state index contributed by atoms with van der Waals surface area (Å²) in [5.74, 6) is -0.339. The predicted octanol–water partition coefficient (Wildman–Crippen LogP) is 2.60. The monoisotopic (exact) mass is 374 g/mol. The van der Waals surface area contributed by atoms with Crippen molar-refractivity contribution in [3.8, 4) is 0 Å². The number of carbonyl (C=O) groups excluding carboxylic acids is 1. The van der Waals surface area contributed by atoms with Crippen molar-refractivity contribution in [2.75, 3.05) is 13.7 Å². The van der Waals surface area contributed by atoms with Gasteiger partial charge in [-0.15, -0.1) is 11.3 Å². The molecule has 2 saturated heterocycles. The first-order valence-corrected chi connectivity index (χ1v) is 8.87. The first kappa shape index (κ1) is 15.4. The molecule has 116 valence electrons. The maximum atomic E-state index is 11.5. The van der Waals surface area contributed by atoms with Crippen LogP contribution in [0.5, 0.6) is 0 Å². The molecule has 0 radical (unpaired) electrons. The largest absolute Gasteiger partial charge is 0.467 e. The summed E-state index contributed by atoms with van der Waals surface area (Å²) >= 11 is 5.00. The van der Waals surface area contributed by atoms with Crippen molar-refractivity contribution in [1.29, 1.82) is 0 Å². The maximum Gasteiger partial charge on any atom is 0.331 e. The normalized spacial score (nSPS) is 31.9. The summed E-state index contributed by atoms with van der Waals surface area (Å²) in [6, 6.07) is 0.885. The minimum absolute atomic E-state index is 0.0207. The van der Waals surface area contributed by atoms with Gasteiger partial charge in [-0.3, -0.25) is 0 Å². The SMILES string of the molecule is COC(=O)COC1(c2nc(Br)cs2)CC2CCCC(C1)N2. The Balaban J connectivity index is 1.85. The molecule has 21 heavy (non-hydrogen) atoms. The van der Waals surface area contributed by atoms with Crippen molar-refractivity contribution < 1.29 is 14.3 Å². The predicted molar refractivity (Wildman–Crippen MR) is 83.3 cm³/mol. The highest BCUT2D eigenvalue weighted by atomic mass is 79.9. The Bertz CT molecular complexity index is 510. The molecule has 7 heteroatoms. The van der Waals surface area contributed by atoms with Crippen molar-refractivity contribution in [3.63, 3.8) is 0 Å². The Kier molecular flexibility index (Phi) is 4.63. The van der Waals surface area contributed by atoms with Gasteiger partial charge in [-0.2, -0.15) is 0 Å². The smallest absolute Gasteiger partial charge is 0.331 e. The average Bonchev–Trinajstić information content (AvgIpc) is 2.91. The van der Waals surface area contributed by atoms with Crippen molar-refractivity contribution >= 4 is 33.2 Å². The van der Waals surface area contributed by atoms with E-state index in [1.165, 1.54) is 13.5 Å². The highest BCUT2D eigenvalue weighted by molar-refractivity contribution is 9.10. The van der Waals surface area contributed by atoms with Gasteiger partial charge in [-0.05, 0) is 41.6 Å². The summed E-state index contributed by atoms with van der Waals surface area (Å²) in [5, 5.41) is 6.58. The van der Waals surface area contributed by atoms with Crippen molar-refractivity contribution in [1.82, 2.24) is 10.3 Å². The van der Waals surface area contributed by atoms with Crippen LogP contribution >= 0.6 is 27.3 Å². The van der Waals surface area contributed by atoms with E-state index in [9.17, 15) is 4.79 Å². The van der Waals surface area contributed by atoms with Crippen molar-refractivity contribution in [2.24, 2.45) is 0 Å². The van der Waals surface area contributed by atoms with Gasteiger partial charge in [-0.25, -0.2) is 9.78 Å². The number of esters is 1. The molecule has 2 aliphatic rings. The summed E-state index contributed by atoms with van der Waals surface area (Å²) in [5.41, 5.74) is -0.466. The third kappa shape index (κ3) is 3.31. The van der Waals surface area contributed by atoms with Gasteiger partial charge in [0.1, 0.15) is 21.8 Å². The summed E-state index contributed by atoms with van der Waals surface area (Å²) in [6.07, 6.45) is 5.30. The molecule has 3 rings (SSSR count). The first-order chi connectivity index (χ1) is 10.1. The second-order valence-corrected chi connectivity index (χ2v) is 7.40. The van der Waals surface area contributed by atoms with E-state index >= 15 is 0 Å². The van der Waals surface area contributed by atoms with Gasteiger partial charge >= 0.3 is 5.97 Å². The number of aromatic nitrogens is 1. The molecule has 0 amide bonds. The third-order valence-electron chi connectivity index (χ3n) is 4.29. The maximum absolute atomic E-state index is 11.5. The number of ether oxygens (including phenoxy) is 2. The lowest BCUT2D eigenvalue weighted by atomic mass is 9.77. The Morgan fingerprint density at radius 1 is 1.52 bits per heavy atom. The van der Waals surface area contributed by atoms with Crippen LogP contribution in [0.4, 0.5) is 0 Å². The lowest BCUT2D eigenvalue weighted by Crippen LogP contribution is -2.55. The molecule has 0 spiro atoms. The molecule has 5 nitrogen and oxygen atoms in total. The fourth-order valence-electron chi connectivity index (χ4n) is 3.39. The van der Waals surface area contributed by atoms with E-state index < -0.39 is 5.60 Å². The lowest BCUT2D eigenvalue weighted by Gasteiger charge is -2.46. The summed E-state index contributed by atoms with van der Waals surface area (Å²) in [6.45, 7) is -0.0207. The standard InChI is InChI=1S/C14H19BrN2O3S/c1-19-12(18)7-20-14(13-17-11(15)8-21-13)5-9-3-2-4-10(6-14)16-9/h8-10,16H,2-7H2,1H3. The molecule has 2 aliphatic heterocycles. The van der Waals surface area contributed by atoms with Gasteiger partial charge in [0.2, 0.25) is 0 Å². The van der Waals surface area contributed by atoms with Crippen LogP contribution < -0.4 is 5.32 Å². The molecule has 2 unspecified atom stereocenters. The zero-order chi connectivity index (χ0) is 14.9. The summed E-state index contributed by atoms with van der Waals surface area (Å²) in [7, 11) is 1.38. The van der Waals surface area contributed by atoms with E-state index in [4.69, 9.17) is 9.47 Å². The second kappa shape index (κ2) is 6.32. The molecule has 2 bridgehead atoms. The Labute approximate surface area is 136 Å². The van der Waals surface area contributed by atoms with E-state index in [0.717, 1.165) is 35.3 Å². The van der Waals surface area contributed by atoms with E-state index in [1.807, 2.05) is 5.38 Å². The topological polar surface area (TPSA) is 60.5 Å². The molecule has 1 N–H and O–H groups in total. The molecular formula is C14H19BrN2O3S. The number of fused-ring (bicyclic) bond motifs is 2. The van der Waals surface area contributed by atoms with Crippen molar-refractivity contribution in [2.45, 2.75) is 49.8 Å². The first-order valence-electron chi connectivity index (χ1n) is 7.19. The van der Waals surface area contributed by atoms with Gasteiger partial charge in [0, 0.05) is 17.5 Å². The Morgan fingerprint density at radius 3 is 2.81 bits per heavy atom. The number of hydrogen-bond donors (Lipinski definition) is 1. The minimum atomic E-state index is -0.466. The molecule has 3 heterocycles. The number of methoxy groups -OCH3 is 1. The van der Waals surface area contributed by atoms with Crippen LogP contribution in [0.2, 0.25) is 0 Å². The molecule has 1 aromatic heterocycles. The third-order valence-corrected chi connectivity index (χ3v) is 6.03. The molecule has 2 atom stereocenters. The molecular weight excluding hydrogens is 356 g/mol. The van der Waals surface area contributed by atoms with Crippen LogP contribution in [0.25, 0.3) is 0 Å². The molecule has 0 saturated carbocycles. The number of hydrogen-bond acceptors (Lipinski definition) is 6. The van der Waals surface area contributed by atoms with E-state index in [2.05, 4.69) is 26.2 Å². The van der Waals surface area contributed by atoms with Gasteiger partial charge in [-0.1, -0.05) is 6.42 Å². The highest BCUT2D eigenvalue weighted by Crippen LogP contribution is 2.44. The second-order valence-electron chi connectivity index (χ2n) is 5.73. The number of rotatable bonds is 4. The van der Waals surface area contributed by atoms with Crippen LogP contribution in [-0.2, 0) is 19.9 Å². The van der Waals surface area contributed by atoms with Gasteiger partial charge in [0.15, 0.2) is 0 Å². The molecule has 0 aromatic carbocycles. The van der Waals surface area contributed by atoms with E-state index in [-0.39, 0.29) is 12.6 Å². The Hall–Kier alpha value is -0.500. The lowest BCUT2D eigenvalue weighted by molar-refractivity contribution is -0.159. The zero-order valence-electron chi connectivity index (χ0n) is 11.9. The fourth-order valence-corrected chi connectivity index (χ4v) is 4.81. The van der Waals surface area contributed by atoms with Gasteiger partial charge in [0.25, 0.3) is 0 Å². The highest BCUT2D eigenvalue weighted by Gasteiger charge is 2.46. The van der Waals surface area contributed by atoms with Crippen LogP contribution in [0.15, 0.2) is 9.98 Å². The number of halogens is 1. The minimum Gasteiger partial charge on any atom is -0.467 e. The van der Waals surface area contributed by atoms with E-state index in [0.29, 0.717) is 12.1 Å². The van der Waals surface area contributed by atoms with Crippen LogP contribution in [0.1, 0.15) is 37.1 Å². The number of carbonyl (C=O) groups is 1. The molecule has 2 fully saturated rings. The van der Waals surface area contributed by atoms with Gasteiger partial charge in [0.05, 0.1) is 7.11 Å². The Morgan fingerprint density at radius 2 is 2.24 bits per heavy atom. The van der Waals surface area contributed by atoms with Crippen molar-refractivity contribution in [3.05, 3.63) is 15.0 Å². The molecule has 1 aromatic rings. The molecule has 0 aliphatic carbocycles.